The fourth-order valence-electron chi connectivity index (χ4n) is 2.58. The third kappa shape index (κ3) is 6.04. The highest BCUT2D eigenvalue weighted by Crippen LogP contribution is 2.25. The molecule has 1 heterocycles. The molecule has 2 aromatic carbocycles. The van der Waals surface area contributed by atoms with Crippen molar-refractivity contribution in [1.82, 2.24) is 20.2 Å². The van der Waals surface area contributed by atoms with Gasteiger partial charge in [-0.1, -0.05) is 24.3 Å². The van der Waals surface area contributed by atoms with Gasteiger partial charge in [0.05, 0.1) is 17.4 Å². The predicted molar refractivity (Wildman–Crippen MR) is 106 cm³/mol. The van der Waals surface area contributed by atoms with E-state index in [2.05, 4.69) is 25.5 Å². The first-order valence-corrected chi connectivity index (χ1v) is 9.24. The molecule has 9 nitrogen and oxygen atoms in total. The summed E-state index contributed by atoms with van der Waals surface area (Å²) in [6.45, 7) is 0.160. The van der Waals surface area contributed by atoms with Crippen LogP contribution in [0, 0.1) is 0 Å². The van der Waals surface area contributed by atoms with Crippen LogP contribution in [0.5, 0.6) is 5.75 Å². The maximum absolute atomic E-state index is 12.5. The van der Waals surface area contributed by atoms with Crippen molar-refractivity contribution in [2.45, 2.75) is 33.1 Å². The quantitative estimate of drug-likeness (QED) is 0.546. The second-order valence-electron chi connectivity index (χ2n) is 6.60. The number of para-hydroxylation sites is 2. The van der Waals surface area contributed by atoms with E-state index in [1.807, 2.05) is 0 Å². The summed E-state index contributed by atoms with van der Waals surface area (Å²) in [5.74, 6) is -1.01. The van der Waals surface area contributed by atoms with Gasteiger partial charge in [0.1, 0.15) is 12.3 Å². The summed E-state index contributed by atoms with van der Waals surface area (Å²) >= 11 is 0. The molecular formula is C20H19F2N5O4. The van der Waals surface area contributed by atoms with Gasteiger partial charge in [-0.05, 0) is 43.3 Å². The Labute approximate surface area is 176 Å². The molecule has 0 bridgehead atoms. The molecule has 1 amide bonds. The van der Waals surface area contributed by atoms with Gasteiger partial charge in [0, 0.05) is 5.56 Å². The minimum atomic E-state index is -3.02. The fraction of sp³-hybridized carbons (Fsp3) is 0.250. The summed E-state index contributed by atoms with van der Waals surface area (Å²) in [7, 11) is 0. The van der Waals surface area contributed by atoms with Crippen molar-refractivity contribution in [1.29, 1.82) is 0 Å². The van der Waals surface area contributed by atoms with Crippen LogP contribution in [0.3, 0.4) is 0 Å². The Hall–Kier alpha value is -3.89. The van der Waals surface area contributed by atoms with Gasteiger partial charge in [0.15, 0.2) is 0 Å². The SMILES string of the molecule is CC(C)OC(=O)c1cccc(-c2nnn(CC(=O)Nc3ccccc3OC(F)F)n2)c1. The van der Waals surface area contributed by atoms with E-state index < -0.39 is 18.5 Å². The Kier molecular flexibility index (Phi) is 6.85. The molecule has 0 aliphatic rings. The van der Waals surface area contributed by atoms with Gasteiger partial charge in [0.25, 0.3) is 0 Å². The van der Waals surface area contributed by atoms with Crippen molar-refractivity contribution in [3.05, 3.63) is 54.1 Å². The molecule has 1 aromatic heterocycles. The number of aromatic nitrogens is 4. The third-order valence-electron chi connectivity index (χ3n) is 3.81. The van der Waals surface area contributed by atoms with Crippen molar-refractivity contribution in [2.24, 2.45) is 0 Å². The monoisotopic (exact) mass is 431 g/mol. The standard InChI is InChI=1S/C20H19F2N5O4/c1-12(2)30-19(29)14-7-5-6-13(10-14)18-24-26-27(25-18)11-17(28)23-15-8-3-4-9-16(15)31-20(21)22/h3-10,12,20H,11H2,1-2H3,(H,23,28). The van der Waals surface area contributed by atoms with Crippen molar-refractivity contribution in [3.63, 3.8) is 0 Å². The van der Waals surface area contributed by atoms with Gasteiger partial charge in [-0.15, -0.1) is 10.2 Å². The van der Waals surface area contributed by atoms with Crippen molar-refractivity contribution in [3.8, 4) is 17.1 Å². The number of alkyl halides is 2. The van der Waals surface area contributed by atoms with Gasteiger partial charge in [0.2, 0.25) is 11.7 Å². The van der Waals surface area contributed by atoms with E-state index in [4.69, 9.17) is 4.74 Å². The highest BCUT2D eigenvalue weighted by molar-refractivity contribution is 5.92. The third-order valence-corrected chi connectivity index (χ3v) is 3.81. The van der Waals surface area contributed by atoms with E-state index in [0.29, 0.717) is 11.1 Å². The van der Waals surface area contributed by atoms with E-state index in [1.165, 1.54) is 18.2 Å². The van der Waals surface area contributed by atoms with Crippen LogP contribution in [0.2, 0.25) is 0 Å². The summed E-state index contributed by atoms with van der Waals surface area (Å²) in [6, 6.07) is 12.3. The lowest BCUT2D eigenvalue weighted by Crippen LogP contribution is -2.21. The highest BCUT2D eigenvalue weighted by atomic mass is 19.3. The average molecular weight is 431 g/mol. The Morgan fingerprint density at radius 1 is 1.13 bits per heavy atom. The molecule has 0 aliphatic carbocycles. The Balaban J connectivity index is 1.68. The Morgan fingerprint density at radius 2 is 1.90 bits per heavy atom. The molecule has 3 aromatic rings. The highest BCUT2D eigenvalue weighted by Gasteiger charge is 2.15. The molecule has 0 saturated carbocycles. The smallest absolute Gasteiger partial charge is 0.387 e. The average Bonchev–Trinajstić information content (AvgIpc) is 3.17. The number of tetrazole rings is 1. The molecule has 0 atom stereocenters. The molecule has 11 heteroatoms. The largest absolute Gasteiger partial charge is 0.459 e. The van der Waals surface area contributed by atoms with E-state index in [-0.39, 0.29) is 29.9 Å². The summed E-state index contributed by atoms with van der Waals surface area (Å²) in [5, 5.41) is 14.3. The number of carbonyl (C=O) groups is 2. The fourth-order valence-corrected chi connectivity index (χ4v) is 2.58. The molecule has 0 fully saturated rings. The number of hydrogen-bond donors (Lipinski definition) is 1. The summed E-state index contributed by atoms with van der Waals surface area (Å²) in [6.07, 6.45) is -0.259. The number of amides is 1. The van der Waals surface area contributed by atoms with Crippen LogP contribution in [-0.2, 0) is 16.1 Å². The molecule has 3 rings (SSSR count). The van der Waals surface area contributed by atoms with Crippen LogP contribution < -0.4 is 10.1 Å². The summed E-state index contributed by atoms with van der Waals surface area (Å²) < 4.78 is 34.5. The number of rotatable bonds is 8. The minimum absolute atomic E-state index is 0.0875. The van der Waals surface area contributed by atoms with Crippen LogP contribution >= 0.6 is 0 Å². The molecule has 1 N–H and O–H groups in total. The Morgan fingerprint density at radius 3 is 2.65 bits per heavy atom. The van der Waals surface area contributed by atoms with Crippen LogP contribution in [0.1, 0.15) is 24.2 Å². The van der Waals surface area contributed by atoms with Crippen LogP contribution in [0.15, 0.2) is 48.5 Å². The lowest BCUT2D eigenvalue weighted by molar-refractivity contribution is -0.117. The zero-order valence-electron chi connectivity index (χ0n) is 16.7. The minimum Gasteiger partial charge on any atom is -0.459 e. The first-order chi connectivity index (χ1) is 14.8. The number of nitrogens with zero attached hydrogens (tertiary/aromatic N) is 4. The van der Waals surface area contributed by atoms with Crippen LogP contribution in [-0.4, -0.2) is 44.8 Å². The maximum Gasteiger partial charge on any atom is 0.387 e. The maximum atomic E-state index is 12.5. The molecule has 0 saturated heterocycles. The number of benzene rings is 2. The van der Waals surface area contributed by atoms with E-state index >= 15 is 0 Å². The van der Waals surface area contributed by atoms with E-state index in [9.17, 15) is 18.4 Å². The molecule has 0 aliphatic heterocycles. The number of hydrogen-bond acceptors (Lipinski definition) is 7. The van der Waals surface area contributed by atoms with Crippen molar-refractivity contribution < 1.29 is 27.8 Å². The zero-order chi connectivity index (χ0) is 22.4. The molecule has 0 unspecified atom stereocenters. The topological polar surface area (TPSA) is 108 Å². The number of anilines is 1. The van der Waals surface area contributed by atoms with E-state index in [1.54, 1.807) is 44.2 Å². The number of halogens is 2. The van der Waals surface area contributed by atoms with E-state index in [0.717, 1.165) is 4.80 Å². The molecule has 0 spiro atoms. The van der Waals surface area contributed by atoms with Crippen molar-refractivity contribution >= 4 is 17.6 Å². The number of carbonyl (C=O) groups excluding carboxylic acids is 2. The van der Waals surface area contributed by atoms with Gasteiger partial charge in [-0.2, -0.15) is 13.6 Å². The molecular weight excluding hydrogens is 412 g/mol. The first kappa shape index (κ1) is 21.8. The number of nitrogens with one attached hydrogen (secondary N) is 1. The number of esters is 1. The van der Waals surface area contributed by atoms with Crippen molar-refractivity contribution in [2.75, 3.05) is 5.32 Å². The number of ether oxygens (including phenoxy) is 2. The van der Waals surface area contributed by atoms with Crippen LogP contribution in [0.4, 0.5) is 14.5 Å². The molecule has 162 valence electrons. The van der Waals surface area contributed by atoms with Gasteiger partial charge in [-0.3, -0.25) is 4.79 Å². The van der Waals surface area contributed by atoms with Gasteiger partial charge < -0.3 is 14.8 Å². The summed E-state index contributed by atoms with van der Waals surface area (Å²) in [5.41, 5.74) is 0.931. The zero-order valence-corrected chi connectivity index (χ0v) is 16.7. The van der Waals surface area contributed by atoms with Gasteiger partial charge >= 0.3 is 12.6 Å². The molecule has 31 heavy (non-hydrogen) atoms. The second kappa shape index (κ2) is 9.74. The first-order valence-electron chi connectivity index (χ1n) is 9.24. The van der Waals surface area contributed by atoms with Gasteiger partial charge in [-0.25, -0.2) is 4.79 Å². The lowest BCUT2D eigenvalue weighted by atomic mass is 10.1. The second-order valence-corrected chi connectivity index (χ2v) is 6.60. The summed E-state index contributed by atoms with van der Waals surface area (Å²) in [4.78, 5) is 25.4. The predicted octanol–water partition coefficient (Wildman–Crippen LogP) is 3.15. The normalized spacial score (nSPS) is 10.9. The lowest BCUT2D eigenvalue weighted by Gasteiger charge is -2.11. The van der Waals surface area contributed by atoms with Crippen LogP contribution in [0.25, 0.3) is 11.4 Å². The molecule has 0 radical (unpaired) electrons. The Bertz CT molecular complexity index is 1070.